The van der Waals surface area contributed by atoms with Crippen LogP contribution in [0.5, 0.6) is 0 Å². The van der Waals surface area contributed by atoms with Crippen molar-refractivity contribution in [1.82, 2.24) is 4.90 Å². The maximum absolute atomic E-state index is 11.9. The number of amidine groups is 1. The smallest absolute Gasteiger partial charge is 0.346 e. The highest BCUT2D eigenvalue weighted by molar-refractivity contribution is 6.03. The van der Waals surface area contributed by atoms with Crippen molar-refractivity contribution in [2.75, 3.05) is 20.3 Å². The third kappa shape index (κ3) is 2.61. The molecular formula is C14H19N3O2. The summed E-state index contributed by atoms with van der Waals surface area (Å²) in [6.07, 6.45) is 0. The predicted octanol–water partition coefficient (Wildman–Crippen LogP) is 1.78. The largest absolute Gasteiger partial charge is 0.385 e. The number of benzene rings is 1. The second-order valence-electron chi connectivity index (χ2n) is 4.77. The maximum atomic E-state index is 11.9. The van der Waals surface area contributed by atoms with Gasteiger partial charge in [0.15, 0.2) is 0 Å². The van der Waals surface area contributed by atoms with Crippen LogP contribution in [0.25, 0.3) is 0 Å². The lowest BCUT2D eigenvalue weighted by Crippen LogP contribution is -2.36. The van der Waals surface area contributed by atoms with Gasteiger partial charge in [0.2, 0.25) is 0 Å². The van der Waals surface area contributed by atoms with Crippen molar-refractivity contribution in [3.05, 3.63) is 34.9 Å². The first-order valence-electron chi connectivity index (χ1n) is 6.25. The quantitative estimate of drug-likeness (QED) is 0.898. The summed E-state index contributed by atoms with van der Waals surface area (Å²) in [5, 5.41) is 0. The molecule has 19 heavy (non-hydrogen) atoms. The molecule has 1 heterocycles. The minimum Gasteiger partial charge on any atom is -0.385 e. The Balaban J connectivity index is 2.34. The number of carbonyl (C=O) groups excluding carboxylic acids is 1. The predicted molar refractivity (Wildman–Crippen MR) is 74.3 cm³/mol. The molecule has 2 amide bonds. The number of nitrogens with zero attached hydrogens (tertiary/aromatic N) is 2. The Morgan fingerprint density at radius 1 is 1.42 bits per heavy atom. The van der Waals surface area contributed by atoms with Gasteiger partial charge in [0.05, 0.1) is 6.61 Å². The van der Waals surface area contributed by atoms with Crippen LogP contribution in [-0.2, 0) is 4.74 Å². The molecule has 5 nitrogen and oxygen atoms in total. The van der Waals surface area contributed by atoms with E-state index in [2.05, 4.69) is 11.1 Å². The molecule has 0 aromatic heterocycles. The van der Waals surface area contributed by atoms with Gasteiger partial charge >= 0.3 is 6.03 Å². The first-order valence-corrected chi connectivity index (χ1v) is 6.25. The van der Waals surface area contributed by atoms with E-state index < -0.39 is 0 Å². The minimum atomic E-state index is -0.292. The zero-order valence-electron chi connectivity index (χ0n) is 11.5. The van der Waals surface area contributed by atoms with E-state index >= 15 is 0 Å². The lowest BCUT2D eigenvalue weighted by Gasteiger charge is -2.25. The first kappa shape index (κ1) is 13.5. The molecule has 0 aliphatic carbocycles. The Hall–Kier alpha value is -1.88. The van der Waals surface area contributed by atoms with Gasteiger partial charge < -0.3 is 15.4 Å². The first-order chi connectivity index (χ1) is 9.04. The summed E-state index contributed by atoms with van der Waals surface area (Å²) in [6, 6.07) is 5.55. The third-order valence-corrected chi connectivity index (χ3v) is 3.32. The highest BCUT2D eigenvalue weighted by Crippen LogP contribution is 2.29. The van der Waals surface area contributed by atoms with Gasteiger partial charge in [-0.3, -0.25) is 0 Å². The van der Waals surface area contributed by atoms with Gasteiger partial charge in [-0.1, -0.05) is 23.8 Å². The number of aliphatic imine (C=N–C) groups is 1. The van der Waals surface area contributed by atoms with Crippen LogP contribution < -0.4 is 5.73 Å². The van der Waals surface area contributed by atoms with E-state index in [4.69, 9.17) is 10.5 Å². The summed E-state index contributed by atoms with van der Waals surface area (Å²) in [7, 11) is 1.61. The fourth-order valence-electron chi connectivity index (χ4n) is 2.38. The average Bonchev–Trinajstić information content (AvgIpc) is 2.62. The summed E-state index contributed by atoms with van der Waals surface area (Å²) in [4.78, 5) is 17.4. The van der Waals surface area contributed by atoms with E-state index in [1.54, 1.807) is 12.0 Å². The SMILES string of the molecule is COCCN1C(=O)N=C(N)C1c1ccc(C)cc1C. The van der Waals surface area contributed by atoms with Gasteiger partial charge in [-0.2, -0.15) is 4.99 Å². The molecule has 1 unspecified atom stereocenters. The molecule has 0 fully saturated rings. The monoisotopic (exact) mass is 261 g/mol. The highest BCUT2D eigenvalue weighted by atomic mass is 16.5. The highest BCUT2D eigenvalue weighted by Gasteiger charge is 2.34. The molecule has 5 heteroatoms. The zero-order chi connectivity index (χ0) is 14.0. The van der Waals surface area contributed by atoms with Crippen LogP contribution in [0.2, 0.25) is 0 Å². The Labute approximate surface area is 113 Å². The van der Waals surface area contributed by atoms with Crippen LogP contribution in [0.1, 0.15) is 22.7 Å². The maximum Gasteiger partial charge on any atom is 0.346 e. The summed E-state index contributed by atoms with van der Waals surface area (Å²) in [5.74, 6) is 0.355. The Morgan fingerprint density at radius 2 is 2.16 bits per heavy atom. The molecule has 2 rings (SSSR count). The standard InChI is InChI=1S/C14H19N3O2/c1-9-4-5-11(10(2)8-9)12-13(15)16-14(18)17(12)6-7-19-3/h4-5,8,12H,6-7H2,1-3H3,(H2,15,16,18). The van der Waals surface area contributed by atoms with Crippen molar-refractivity contribution in [2.24, 2.45) is 10.7 Å². The summed E-state index contributed by atoms with van der Waals surface area (Å²) < 4.78 is 5.04. The molecule has 0 saturated heterocycles. The van der Waals surface area contributed by atoms with Gasteiger partial charge in [-0.15, -0.1) is 0 Å². The number of hydrogen-bond acceptors (Lipinski definition) is 3. The van der Waals surface area contributed by atoms with Crippen molar-refractivity contribution < 1.29 is 9.53 Å². The van der Waals surface area contributed by atoms with Crippen molar-refractivity contribution in [3.8, 4) is 0 Å². The number of aryl methyl sites for hydroxylation is 2. The van der Waals surface area contributed by atoms with Gasteiger partial charge in [-0.25, -0.2) is 4.79 Å². The van der Waals surface area contributed by atoms with Crippen LogP contribution in [0.15, 0.2) is 23.2 Å². The van der Waals surface area contributed by atoms with E-state index in [0.29, 0.717) is 19.0 Å². The lowest BCUT2D eigenvalue weighted by molar-refractivity contribution is 0.150. The number of hydrogen-bond donors (Lipinski definition) is 1. The number of carbonyl (C=O) groups is 1. The average molecular weight is 261 g/mol. The number of ether oxygens (including phenoxy) is 1. The normalized spacial score (nSPS) is 18.9. The Kier molecular flexibility index (Phi) is 3.85. The van der Waals surface area contributed by atoms with E-state index in [1.165, 1.54) is 5.56 Å². The van der Waals surface area contributed by atoms with Crippen LogP contribution >= 0.6 is 0 Å². The molecular weight excluding hydrogens is 242 g/mol. The molecule has 0 saturated carbocycles. The van der Waals surface area contributed by atoms with Gasteiger partial charge in [0.25, 0.3) is 0 Å². The topological polar surface area (TPSA) is 67.9 Å². The molecule has 1 aromatic carbocycles. The number of methoxy groups -OCH3 is 1. The second kappa shape index (κ2) is 5.40. The fraction of sp³-hybridized carbons (Fsp3) is 0.429. The molecule has 1 atom stereocenters. The van der Waals surface area contributed by atoms with Crippen molar-refractivity contribution in [2.45, 2.75) is 19.9 Å². The van der Waals surface area contributed by atoms with Crippen LogP contribution in [0.3, 0.4) is 0 Å². The summed E-state index contributed by atoms with van der Waals surface area (Å²) >= 11 is 0. The second-order valence-corrected chi connectivity index (χ2v) is 4.77. The molecule has 102 valence electrons. The molecule has 0 spiro atoms. The lowest BCUT2D eigenvalue weighted by atomic mass is 9.98. The van der Waals surface area contributed by atoms with Crippen molar-refractivity contribution in [3.63, 3.8) is 0 Å². The van der Waals surface area contributed by atoms with Gasteiger partial charge in [0.1, 0.15) is 11.9 Å². The number of amides is 2. The number of nitrogens with two attached hydrogens (primary N) is 1. The summed E-state index contributed by atoms with van der Waals surface area (Å²) in [6.45, 7) is 5.01. The van der Waals surface area contributed by atoms with E-state index in [9.17, 15) is 4.79 Å². The number of rotatable bonds is 4. The minimum absolute atomic E-state index is 0.275. The van der Waals surface area contributed by atoms with Crippen molar-refractivity contribution >= 4 is 11.9 Å². The molecule has 1 aliphatic rings. The molecule has 0 bridgehead atoms. The molecule has 1 aliphatic heterocycles. The van der Waals surface area contributed by atoms with Gasteiger partial charge in [-0.05, 0) is 25.0 Å². The summed E-state index contributed by atoms with van der Waals surface area (Å²) in [5.41, 5.74) is 9.24. The van der Waals surface area contributed by atoms with E-state index in [0.717, 1.165) is 11.1 Å². The fourth-order valence-corrected chi connectivity index (χ4v) is 2.38. The Morgan fingerprint density at radius 3 is 2.79 bits per heavy atom. The third-order valence-electron chi connectivity index (χ3n) is 3.32. The number of urea groups is 1. The van der Waals surface area contributed by atoms with Crippen LogP contribution in [0.4, 0.5) is 4.79 Å². The molecule has 1 aromatic rings. The zero-order valence-corrected chi connectivity index (χ0v) is 11.5. The van der Waals surface area contributed by atoms with Crippen molar-refractivity contribution in [1.29, 1.82) is 0 Å². The van der Waals surface area contributed by atoms with Crippen LogP contribution in [0, 0.1) is 13.8 Å². The van der Waals surface area contributed by atoms with E-state index in [-0.39, 0.29) is 12.1 Å². The molecule has 2 N–H and O–H groups in total. The molecule has 0 radical (unpaired) electrons. The van der Waals surface area contributed by atoms with Crippen LogP contribution in [-0.4, -0.2) is 37.0 Å². The Bertz CT molecular complexity index is 525. The van der Waals surface area contributed by atoms with Gasteiger partial charge in [0, 0.05) is 13.7 Å². The van der Waals surface area contributed by atoms with E-state index in [1.807, 2.05) is 26.0 Å².